The minimum Gasteiger partial charge on any atom is -0.385 e. The van der Waals surface area contributed by atoms with Crippen LogP contribution in [-0.2, 0) is 15.4 Å². The van der Waals surface area contributed by atoms with Crippen molar-refractivity contribution in [1.82, 2.24) is 0 Å². The Balaban J connectivity index is 2.96. The molecule has 0 aromatic heterocycles. The second-order valence-corrected chi connectivity index (χ2v) is 7.86. The first-order chi connectivity index (χ1) is 7.62. The quantitative estimate of drug-likeness (QED) is 0.916. The van der Waals surface area contributed by atoms with Crippen LogP contribution in [0.4, 0.5) is 0 Å². The van der Waals surface area contributed by atoms with Crippen LogP contribution in [-0.4, -0.2) is 25.5 Å². The van der Waals surface area contributed by atoms with Crippen molar-refractivity contribution in [3.63, 3.8) is 0 Å². The molecule has 3 nitrogen and oxygen atoms in total. The molecule has 0 aliphatic rings. The van der Waals surface area contributed by atoms with Crippen molar-refractivity contribution < 1.29 is 13.5 Å². The second kappa shape index (κ2) is 5.26. The lowest BCUT2D eigenvalue weighted by Crippen LogP contribution is -2.25. The van der Waals surface area contributed by atoms with Gasteiger partial charge in [-0.2, -0.15) is 0 Å². The van der Waals surface area contributed by atoms with E-state index in [9.17, 15) is 13.5 Å². The third-order valence-corrected chi connectivity index (χ3v) is 4.22. The molecule has 6 heteroatoms. The van der Waals surface area contributed by atoms with Gasteiger partial charge in [0.15, 0.2) is 0 Å². The SMILES string of the molecule is CC(O)(CCS(C)(=O)=O)c1ccc(Br)cc1Cl. The molecule has 0 amide bonds. The normalized spacial score (nSPS) is 15.6. The van der Waals surface area contributed by atoms with E-state index in [-0.39, 0.29) is 12.2 Å². The van der Waals surface area contributed by atoms with Gasteiger partial charge in [0, 0.05) is 21.3 Å². The predicted molar refractivity (Wildman–Crippen MR) is 73.1 cm³/mol. The molecule has 0 heterocycles. The van der Waals surface area contributed by atoms with Gasteiger partial charge in [-0.05, 0) is 25.5 Å². The molecule has 1 rings (SSSR count). The van der Waals surface area contributed by atoms with Gasteiger partial charge in [0.05, 0.1) is 11.4 Å². The van der Waals surface area contributed by atoms with Gasteiger partial charge in [-0.3, -0.25) is 0 Å². The molecule has 0 aliphatic heterocycles. The second-order valence-electron chi connectivity index (χ2n) is 4.28. The summed E-state index contributed by atoms with van der Waals surface area (Å²) in [5.74, 6) is -0.0770. The zero-order chi connectivity index (χ0) is 13.3. The van der Waals surface area contributed by atoms with E-state index >= 15 is 0 Å². The van der Waals surface area contributed by atoms with Crippen molar-refractivity contribution in [1.29, 1.82) is 0 Å². The molecule has 1 aromatic rings. The Morgan fingerprint density at radius 1 is 1.47 bits per heavy atom. The monoisotopic (exact) mass is 340 g/mol. The number of hydrogen-bond acceptors (Lipinski definition) is 3. The highest BCUT2D eigenvalue weighted by Crippen LogP contribution is 2.32. The van der Waals surface area contributed by atoms with Crippen LogP contribution in [0.3, 0.4) is 0 Å². The average molecular weight is 342 g/mol. The first kappa shape index (κ1) is 15.0. The Morgan fingerprint density at radius 3 is 2.53 bits per heavy atom. The van der Waals surface area contributed by atoms with Crippen LogP contribution in [0.1, 0.15) is 18.9 Å². The Bertz CT molecular complexity index is 511. The minimum absolute atomic E-state index is 0.0770. The lowest BCUT2D eigenvalue weighted by molar-refractivity contribution is 0.0540. The molecule has 0 bridgehead atoms. The van der Waals surface area contributed by atoms with E-state index in [1.807, 2.05) is 0 Å². The number of rotatable bonds is 4. The smallest absolute Gasteiger partial charge is 0.147 e. The van der Waals surface area contributed by atoms with E-state index < -0.39 is 15.4 Å². The van der Waals surface area contributed by atoms with Gasteiger partial charge < -0.3 is 5.11 Å². The molecule has 1 N–H and O–H groups in total. The molecule has 0 saturated carbocycles. The highest BCUT2D eigenvalue weighted by molar-refractivity contribution is 9.10. The first-order valence-electron chi connectivity index (χ1n) is 4.97. The lowest BCUT2D eigenvalue weighted by Gasteiger charge is -2.24. The summed E-state index contributed by atoms with van der Waals surface area (Å²) >= 11 is 9.30. The summed E-state index contributed by atoms with van der Waals surface area (Å²) in [7, 11) is -3.10. The summed E-state index contributed by atoms with van der Waals surface area (Å²) in [5.41, 5.74) is -0.716. The fourth-order valence-corrected chi connectivity index (χ4v) is 3.09. The molecule has 1 atom stereocenters. The van der Waals surface area contributed by atoms with Gasteiger partial charge in [-0.1, -0.05) is 33.6 Å². The van der Waals surface area contributed by atoms with Crippen molar-refractivity contribution in [3.8, 4) is 0 Å². The summed E-state index contributed by atoms with van der Waals surface area (Å²) in [6, 6.07) is 5.12. The molecule has 0 radical (unpaired) electrons. The van der Waals surface area contributed by atoms with Crippen LogP contribution in [0.25, 0.3) is 0 Å². The zero-order valence-electron chi connectivity index (χ0n) is 9.57. The maximum Gasteiger partial charge on any atom is 0.147 e. The summed E-state index contributed by atoms with van der Waals surface area (Å²) < 4.78 is 23.0. The number of hydrogen-bond donors (Lipinski definition) is 1. The summed E-state index contributed by atoms with van der Waals surface area (Å²) in [6.07, 6.45) is 1.26. The zero-order valence-corrected chi connectivity index (χ0v) is 12.7. The van der Waals surface area contributed by atoms with Crippen molar-refractivity contribution in [2.75, 3.05) is 12.0 Å². The van der Waals surface area contributed by atoms with Crippen molar-refractivity contribution in [3.05, 3.63) is 33.3 Å². The Morgan fingerprint density at radius 2 is 2.06 bits per heavy atom. The summed E-state index contributed by atoms with van der Waals surface area (Å²) in [6.45, 7) is 1.56. The van der Waals surface area contributed by atoms with Gasteiger partial charge in [-0.15, -0.1) is 0 Å². The van der Waals surface area contributed by atoms with Crippen molar-refractivity contribution in [2.24, 2.45) is 0 Å². The molecule has 1 aromatic carbocycles. The highest BCUT2D eigenvalue weighted by atomic mass is 79.9. The standard InChI is InChI=1S/C11H14BrClO3S/c1-11(14,5-6-17(2,15)16)9-4-3-8(12)7-10(9)13/h3-4,7,14H,5-6H2,1-2H3. The molecular weight excluding hydrogens is 328 g/mol. The Hall–Kier alpha value is -0.100. The van der Waals surface area contributed by atoms with Crippen molar-refractivity contribution >= 4 is 37.4 Å². The Kier molecular flexibility index (Phi) is 4.63. The largest absolute Gasteiger partial charge is 0.385 e. The molecule has 1 unspecified atom stereocenters. The van der Waals surface area contributed by atoms with E-state index in [1.165, 1.54) is 0 Å². The van der Waals surface area contributed by atoms with Gasteiger partial charge in [0.2, 0.25) is 0 Å². The molecule has 17 heavy (non-hydrogen) atoms. The maximum atomic E-state index is 11.1. The molecule has 0 aliphatic carbocycles. The molecule has 0 fully saturated rings. The number of halogens is 2. The van der Waals surface area contributed by atoms with E-state index in [1.54, 1.807) is 25.1 Å². The number of sulfone groups is 1. The predicted octanol–water partition coefficient (Wildman–Crippen LogP) is 2.74. The van der Waals surface area contributed by atoms with Gasteiger partial charge in [-0.25, -0.2) is 8.42 Å². The van der Waals surface area contributed by atoms with Crippen LogP contribution in [0.15, 0.2) is 22.7 Å². The van der Waals surface area contributed by atoms with E-state index in [0.717, 1.165) is 10.7 Å². The minimum atomic E-state index is -3.10. The van der Waals surface area contributed by atoms with Gasteiger partial charge >= 0.3 is 0 Å². The van der Waals surface area contributed by atoms with E-state index in [4.69, 9.17) is 11.6 Å². The highest BCUT2D eigenvalue weighted by Gasteiger charge is 2.27. The van der Waals surface area contributed by atoms with Crippen LogP contribution < -0.4 is 0 Å². The van der Waals surface area contributed by atoms with Gasteiger partial charge in [0.25, 0.3) is 0 Å². The molecule has 96 valence electrons. The van der Waals surface area contributed by atoms with Crippen LogP contribution in [0, 0.1) is 0 Å². The van der Waals surface area contributed by atoms with E-state index in [2.05, 4.69) is 15.9 Å². The molecular formula is C11H14BrClO3S. The Labute approximate surface area is 115 Å². The van der Waals surface area contributed by atoms with Crippen LogP contribution >= 0.6 is 27.5 Å². The number of benzene rings is 1. The van der Waals surface area contributed by atoms with Crippen LogP contribution in [0.5, 0.6) is 0 Å². The molecule has 0 spiro atoms. The van der Waals surface area contributed by atoms with Crippen LogP contribution in [0.2, 0.25) is 5.02 Å². The first-order valence-corrected chi connectivity index (χ1v) is 8.20. The topological polar surface area (TPSA) is 54.4 Å². The third kappa shape index (κ3) is 4.58. The summed E-state index contributed by atoms with van der Waals surface area (Å²) in [5, 5.41) is 10.7. The third-order valence-electron chi connectivity index (χ3n) is 2.47. The fraction of sp³-hybridized carbons (Fsp3) is 0.455. The summed E-state index contributed by atoms with van der Waals surface area (Å²) in [4.78, 5) is 0. The maximum absolute atomic E-state index is 11.1. The lowest BCUT2D eigenvalue weighted by atomic mass is 9.93. The fourth-order valence-electron chi connectivity index (χ4n) is 1.45. The van der Waals surface area contributed by atoms with Crippen molar-refractivity contribution in [2.45, 2.75) is 18.9 Å². The van der Waals surface area contributed by atoms with Gasteiger partial charge in [0.1, 0.15) is 9.84 Å². The number of aliphatic hydroxyl groups is 1. The molecule has 0 saturated heterocycles. The van der Waals surface area contributed by atoms with E-state index in [0.29, 0.717) is 10.6 Å². The average Bonchev–Trinajstić information content (AvgIpc) is 2.13.